The van der Waals surface area contributed by atoms with E-state index >= 15 is 0 Å². The summed E-state index contributed by atoms with van der Waals surface area (Å²) in [6, 6.07) is 12.2. The Labute approximate surface area is 176 Å². The molecule has 0 saturated heterocycles. The molecule has 0 amide bonds. The Bertz CT molecular complexity index is 938. The molecule has 2 aromatic rings. The van der Waals surface area contributed by atoms with E-state index in [0.29, 0.717) is 12.5 Å². The number of carbonyl (C=O) groups is 1. The number of ether oxygens (including phenoxy) is 1. The van der Waals surface area contributed by atoms with Gasteiger partial charge in [0.15, 0.2) is 5.78 Å². The monoisotopic (exact) mass is 405 g/mol. The van der Waals surface area contributed by atoms with Gasteiger partial charge in [-0.1, -0.05) is 42.0 Å². The summed E-state index contributed by atoms with van der Waals surface area (Å²) >= 11 is 1.73. The summed E-state index contributed by atoms with van der Waals surface area (Å²) in [5.74, 6) is 1.69. The van der Waals surface area contributed by atoms with Gasteiger partial charge in [0.2, 0.25) is 0 Å². The number of thiophene rings is 1. The molecule has 0 saturated carbocycles. The van der Waals surface area contributed by atoms with E-state index in [4.69, 9.17) is 9.73 Å². The number of aliphatic imine (C=N–C) groups is 1. The van der Waals surface area contributed by atoms with Crippen LogP contribution >= 0.6 is 11.3 Å². The van der Waals surface area contributed by atoms with Crippen molar-refractivity contribution < 1.29 is 9.53 Å². The third-order valence-corrected chi connectivity index (χ3v) is 6.97. The highest BCUT2D eigenvalue weighted by atomic mass is 32.1. The first-order valence-corrected chi connectivity index (χ1v) is 11.1. The molecule has 1 aromatic heterocycles. The zero-order valence-corrected chi connectivity index (χ0v) is 17.8. The van der Waals surface area contributed by atoms with E-state index in [0.717, 1.165) is 36.3 Å². The molecule has 29 heavy (non-hydrogen) atoms. The highest BCUT2D eigenvalue weighted by molar-refractivity contribution is 7.12. The number of methoxy groups -OCH3 is 1. The minimum absolute atomic E-state index is 0.0222. The van der Waals surface area contributed by atoms with Crippen LogP contribution in [0, 0.1) is 24.7 Å². The molecule has 0 bridgehead atoms. The van der Waals surface area contributed by atoms with E-state index < -0.39 is 0 Å². The molecular weight excluding hydrogens is 378 g/mol. The van der Waals surface area contributed by atoms with Gasteiger partial charge in [-0.2, -0.15) is 0 Å². The maximum atomic E-state index is 13.5. The van der Waals surface area contributed by atoms with Crippen LogP contribution in [0.1, 0.15) is 40.1 Å². The molecule has 0 fully saturated rings. The summed E-state index contributed by atoms with van der Waals surface area (Å²) in [6.45, 7) is 2.76. The van der Waals surface area contributed by atoms with Crippen LogP contribution < -0.4 is 0 Å². The molecule has 0 spiro atoms. The number of aryl methyl sites for hydroxylation is 1. The van der Waals surface area contributed by atoms with Crippen LogP contribution in [0.5, 0.6) is 0 Å². The van der Waals surface area contributed by atoms with Crippen LogP contribution in [0.4, 0.5) is 0 Å². The van der Waals surface area contributed by atoms with Crippen LogP contribution in [0.2, 0.25) is 0 Å². The second kappa shape index (κ2) is 8.91. The summed E-state index contributed by atoms with van der Waals surface area (Å²) in [5.41, 5.74) is 3.15. The van der Waals surface area contributed by atoms with E-state index in [2.05, 4.69) is 42.7 Å². The van der Waals surface area contributed by atoms with Crippen molar-refractivity contribution in [1.29, 1.82) is 0 Å². The molecule has 4 heteroatoms. The minimum Gasteiger partial charge on any atom is -0.497 e. The maximum Gasteiger partial charge on any atom is 0.166 e. The lowest BCUT2D eigenvalue weighted by Gasteiger charge is -2.31. The fourth-order valence-corrected chi connectivity index (χ4v) is 5.14. The Morgan fingerprint density at radius 3 is 2.69 bits per heavy atom. The van der Waals surface area contributed by atoms with E-state index in [1.165, 1.54) is 10.4 Å². The largest absolute Gasteiger partial charge is 0.497 e. The lowest BCUT2D eigenvalue weighted by molar-refractivity contribution is 0.0844. The second-order valence-corrected chi connectivity index (χ2v) is 8.82. The van der Waals surface area contributed by atoms with Crippen molar-refractivity contribution in [3.8, 4) is 0 Å². The van der Waals surface area contributed by atoms with Gasteiger partial charge in [-0.25, -0.2) is 0 Å². The predicted octanol–water partition coefficient (Wildman–Crippen LogP) is 5.86. The maximum absolute atomic E-state index is 13.5. The first-order valence-electron chi connectivity index (χ1n) is 10.3. The number of allylic oxidation sites excluding steroid dienone is 3. The molecule has 0 N–H and O–H groups in total. The minimum atomic E-state index is -0.0222. The summed E-state index contributed by atoms with van der Waals surface area (Å²) in [7, 11) is 1.70. The normalized spacial score (nSPS) is 24.4. The molecule has 3 atom stereocenters. The SMILES string of the molecule is COC1=CCC([C@H]2CC(c3cccs3)=NCCC2C(=O)c2ccc(C)cc2)C=C1. The van der Waals surface area contributed by atoms with E-state index in [1.54, 1.807) is 18.4 Å². The van der Waals surface area contributed by atoms with Crippen LogP contribution in [0.3, 0.4) is 0 Å². The average molecular weight is 406 g/mol. The van der Waals surface area contributed by atoms with Crippen molar-refractivity contribution >= 4 is 22.8 Å². The fourth-order valence-electron chi connectivity index (χ4n) is 4.40. The van der Waals surface area contributed by atoms with Crippen molar-refractivity contribution in [3.05, 3.63) is 81.8 Å². The molecular formula is C25H27NO2S. The third kappa shape index (κ3) is 4.43. The lowest BCUT2D eigenvalue weighted by Crippen LogP contribution is -2.31. The Kier molecular flexibility index (Phi) is 6.10. The highest BCUT2D eigenvalue weighted by Crippen LogP contribution is 2.38. The molecule has 1 aliphatic carbocycles. The number of carbonyl (C=O) groups excluding carboxylic acids is 1. The van der Waals surface area contributed by atoms with Gasteiger partial charge in [-0.3, -0.25) is 9.79 Å². The van der Waals surface area contributed by atoms with Gasteiger partial charge in [0, 0.05) is 22.9 Å². The molecule has 3 nitrogen and oxygen atoms in total. The highest BCUT2D eigenvalue weighted by Gasteiger charge is 2.36. The fraction of sp³-hybridized carbons (Fsp3) is 0.360. The Balaban J connectivity index is 1.64. The van der Waals surface area contributed by atoms with Gasteiger partial charge < -0.3 is 4.74 Å². The topological polar surface area (TPSA) is 38.7 Å². The summed E-state index contributed by atoms with van der Waals surface area (Å²) in [4.78, 5) is 19.6. The predicted molar refractivity (Wildman–Crippen MR) is 120 cm³/mol. The average Bonchev–Trinajstić information content (AvgIpc) is 3.20. The van der Waals surface area contributed by atoms with Gasteiger partial charge in [-0.05, 0) is 61.6 Å². The summed E-state index contributed by atoms with van der Waals surface area (Å²) < 4.78 is 5.37. The quantitative estimate of drug-likeness (QED) is 0.584. The molecule has 1 aromatic carbocycles. The van der Waals surface area contributed by atoms with Crippen molar-refractivity contribution in [2.75, 3.05) is 13.7 Å². The Morgan fingerprint density at radius 1 is 1.21 bits per heavy atom. The Morgan fingerprint density at radius 2 is 2.03 bits per heavy atom. The molecule has 150 valence electrons. The summed E-state index contributed by atoms with van der Waals surface area (Å²) in [5, 5.41) is 2.10. The Hall–Kier alpha value is -2.46. The van der Waals surface area contributed by atoms with Crippen molar-refractivity contribution in [2.24, 2.45) is 22.7 Å². The zero-order valence-electron chi connectivity index (χ0n) is 17.0. The van der Waals surface area contributed by atoms with Crippen LogP contribution in [0.25, 0.3) is 0 Å². The zero-order chi connectivity index (χ0) is 20.2. The van der Waals surface area contributed by atoms with Crippen molar-refractivity contribution in [2.45, 2.75) is 26.2 Å². The standard InChI is InChI=1S/C25H27NO2S/c1-17-5-7-19(8-6-17)25(27)21-13-14-26-23(24-4-3-15-29-24)16-22(21)18-9-11-20(28-2)12-10-18/h3-9,11-12,15,18,21-22H,10,13-14,16H2,1-2H3/t18?,21?,22-/m1/s1. The molecule has 2 unspecified atom stereocenters. The van der Waals surface area contributed by atoms with E-state index in [9.17, 15) is 4.79 Å². The van der Waals surface area contributed by atoms with Gasteiger partial charge in [0.25, 0.3) is 0 Å². The summed E-state index contributed by atoms with van der Waals surface area (Å²) in [6.07, 6.45) is 8.97. The number of nitrogens with zero attached hydrogens (tertiary/aromatic N) is 1. The second-order valence-electron chi connectivity index (χ2n) is 7.87. The van der Waals surface area contributed by atoms with Crippen LogP contribution in [0.15, 0.2) is 70.8 Å². The smallest absolute Gasteiger partial charge is 0.166 e. The number of hydrogen-bond donors (Lipinski definition) is 0. The number of rotatable bonds is 5. The van der Waals surface area contributed by atoms with Crippen molar-refractivity contribution in [3.63, 3.8) is 0 Å². The first-order chi connectivity index (χ1) is 14.2. The van der Waals surface area contributed by atoms with Gasteiger partial charge in [0.1, 0.15) is 5.76 Å². The molecule has 1 aliphatic heterocycles. The van der Waals surface area contributed by atoms with E-state index in [-0.39, 0.29) is 17.6 Å². The third-order valence-electron chi connectivity index (χ3n) is 6.05. The molecule has 4 rings (SSSR count). The first kappa shape index (κ1) is 19.8. The van der Waals surface area contributed by atoms with E-state index in [1.807, 2.05) is 24.3 Å². The molecule has 2 aliphatic rings. The van der Waals surface area contributed by atoms with Crippen molar-refractivity contribution in [1.82, 2.24) is 0 Å². The number of Topliss-reactive ketones (excluding diaryl/α,β-unsaturated/α-hetero) is 1. The van der Waals surface area contributed by atoms with Gasteiger partial charge in [-0.15, -0.1) is 11.3 Å². The number of benzene rings is 1. The lowest BCUT2D eigenvalue weighted by atomic mass is 9.72. The number of ketones is 1. The number of hydrogen-bond acceptors (Lipinski definition) is 4. The molecule has 0 radical (unpaired) electrons. The van der Waals surface area contributed by atoms with Crippen LogP contribution in [-0.4, -0.2) is 25.1 Å². The van der Waals surface area contributed by atoms with Crippen LogP contribution in [-0.2, 0) is 4.74 Å². The van der Waals surface area contributed by atoms with Gasteiger partial charge >= 0.3 is 0 Å². The molecule has 2 heterocycles. The van der Waals surface area contributed by atoms with Gasteiger partial charge in [0.05, 0.1) is 12.8 Å².